The Morgan fingerprint density at radius 2 is 1.86 bits per heavy atom. The third kappa shape index (κ3) is 3.98. The summed E-state index contributed by atoms with van der Waals surface area (Å²) >= 11 is 0. The molecule has 0 spiro atoms. The van der Waals surface area contributed by atoms with Crippen molar-refractivity contribution in [2.75, 3.05) is 37.7 Å². The lowest BCUT2D eigenvalue weighted by Gasteiger charge is -2.35. The first-order chi connectivity index (χ1) is 14.0. The number of anilines is 1. The third-order valence-electron chi connectivity index (χ3n) is 5.07. The predicted octanol–water partition coefficient (Wildman–Crippen LogP) is 1.86. The van der Waals surface area contributed by atoms with Crippen LogP contribution in [0.1, 0.15) is 18.4 Å². The van der Waals surface area contributed by atoms with Crippen LogP contribution in [0.25, 0.3) is 5.78 Å². The number of piperazine rings is 1. The Morgan fingerprint density at radius 3 is 2.55 bits per heavy atom. The number of benzene rings is 1. The van der Waals surface area contributed by atoms with Crippen molar-refractivity contribution in [1.82, 2.24) is 24.5 Å². The molecular formula is C20H23FN6O2. The van der Waals surface area contributed by atoms with Gasteiger partial charge < -0.3 is 14.5 Å². The number of aromatic nitrogens is 4. The van der Waals surface area contributed by atoms with E-state index in [9.17, 15) is 9.18 Å². The Hall–Kier alpha value is -3.23. The van der Waals surface area contributed by atoms with Crippen molar-refractivity contribution in [2.24, 2.45) is 0 Å². The van der Waals surface area contributed by atoms with E-state index in [1.807, 2.05) is 24.3 Å². The summed E-state index contributed by atoms with van der Waals surface area (Å²) in [6, 6.07) is 7.68. The number of halogens is 1. The van der Waals surface area contributed by atoms with Crippen LogP contribution < -0.4 is 9.64 Å². The van der Waals surface area contributed by atoms with E-state index in [4.69, 9.17) is 4.74 Å². The number of amides is 1. The SMILES string of the molecule is CCc1nnc2nc(N3CCN(C(=O)COc4ccc(F)cc4)CC3)cc(C)n12. The zero-order valence-electron chi connectivity index (χ0n) is 16.5. The second kappa shape index (κ2) is 8.02. The number of hydrogen-bond donors (Lipinski definition) is 0. The normalized spacial score (nSPS) is 14.4. The molecule has 0 unspecified atom stereocenters. The summed E-state index contributed by atoms with van der Waals surface area (Å²) in [5.41, 5.74) is 1.04. The summed E-state index contributed by atoms with van der Waals surface area (Å²) in [5, 5.41) is 8.37. The van der Waals surface area contributed by atoms with E-state index in [2.05, 4.69) is 20.1 Å². The number of rotatable bonds is 5. The van der Waals surface area contributed by atoms with Gasteiger partial charge in [-0.3, -0.25) is 9.20 Å². The van der Waals surface area contributed by atoms with Gasteiger partial charge in [0, 0.05) is 44.4 Å². The Morgan fingerprint density at radius 1 is 1.14 bits per heavy atom. The topological polar surface area (TPSA) is 75.9 Å². The largest absolute Gasteiger partial charge is 0.484 e. The first-order valence-corrected chi connectivity index (χ1v) is 9.68. The van der Waals surface area contributed by atoms with Crippen LogP contribution in [0.15, 0.2) is 30.3 Å². The predicted molar refractivity (Wildman–Crippen MR) is 106 cm³/mol. The minimum atomic E-state index is -0.334. The molecule has 8 nitrogen and oxygen atoms in total. The number of fused-ring (bicyclic) bond motifs is 1. The van der Waals surface area contributed by atoms with Crippen molar-refractivity contribution in [3.63, 3.8) is 0 Å². The Bertz CT molecular complexity index is 1010. The molecule has 2 aromatic heterocycles. The first kappa shape index (κ1) is 19.1. The zero-order valence-corrected chi connectivity index (χ0v) is 16.5. The second-order valence-electron chi connectivity index (χ2n) is 6.97. The Labute approximate surface area is 167 Å². The molecule has 9 heteroatoms. The quantitative estimate of drug-likeness (QED) is 0.653. The van der Waals surface area contributed by atoms with E-state index < -0.39 is 0 Å². The lowest BCUT2D eigenvalue weighted by atomic mass is 10.3. The van der Waals surface area contributed by atoms with Crippen LogP contribution in [0, 0.1) is 12.7 Å². The molecule has 1 aromatic carbocycles. The van der Waals surface area contributed by atoms with Crippen LogP contribution in [-0.4, -0.2) is 63.2 Å². The number of aryl methyl sites for hydroxylation is 2. The molecule has 1 aliphatic rings. The van der Waals surface area contributed by atoms with E-state index in [0.717, 1.165) is 23.8 Å². The van der Waals surface area contributed by atoms with Crippen LogP contribution in [0.5, 0.6) is 5.75 Å². The summed E-state index contributed by atoms with van der Waals surface area (Å²) in [7, 11) is 0. The van der Waals surface area contributed by atoms with Crippen molar-refractivity contribution in [2.45, 2.75) is 20.3 Å². The van der Waals surface area contributed by atoms with Crippen LogP contribution in [0.3, 0.4) is 0 Å². The van der Waals surface area contributed by atoms with Crippen LogP contribution in [0.2, 0.25) is 0 Å². The molecule has 1 fully saturated rings. The number of carbonyl (C=O) groups excluding carboxylic acids is 1. The molecular weight excluding hydrogens is 375 g/mol. The highest BCUT2D eigenvalue weighted by Gasteiger charge is 2.23. The molecule has 152 valence electrons. The molecule has 0 bridgehead atoms. The summed E-state index contributed by atoms with van der Waals surface area (Å²) in [5.74, 6) is 2.40. The van der Waals surface area contributed by atoms with Gasteiger partial charge >= 0.3 is 0 Å². The van der Waals surface area contributed by atoms with Gasteiger partial charge in [0.1, 0.15) is 23.2 Å². The van der Waals surface area contributed by atoms with Gasteiger partial charge in [-0.25, -0.2) is 4.39 Å². The molecule has 4 rings (SSSR count). The van der Waals surface area contributed by atoms with Crippen LogP contribution in [-0.2, 0) is 11.2 Å². The van der Waals surface area contributed by atoms with Crippen molar-refractivity contribution < 1.29 is 13.9 Å². The standard InChI is InChI=1S/C20H23FN6O2/c1-3-17-23-24-20-22-18(12-14(2)27(17)20)25-8-10-26(11-9-25)19(28)13-29-16-6-4-15(21)5-7-16/h4-7,12H,3,8-11,13H2,1-2H3. The van der Waals surface area contributed by atoms with Gasteiger partial charge in [-0.1, -0.05) is 6.92 Å². The monoisotopic (exact) mass is 398 g/mol. The molecule has 3 heterocycles. The summed E-state index contributed by atoms with van der Waals surface area (Å²) in [4.78, 5) is 21.0. The fourth-order valence-corrected chi connectivity index (χ4v) is 3.47. The van der Waals surface area contributed by atoms with Gasteiger partial charge in [0.15, 0.2) is 6.61 Å². The number of ether oxygens (including phenoxy) is 1. The molecule has 0 N–H and O–H groups in total. The van der Waals surface area contributed by atoms with Crippen molar-refractivity contribution in [1.29, 1.82) is 0 Å². The molecule has 1 aliphatic heterocycles. The van der Waals surface area contributed by atoms with Crippen molar-refractivity contribution in [3.8, 4) is 5.75 Å². The highest BCUT2D eigenvalue weighted by atomic mass is 19.1. The van der Waals surface area contributed by atoms with E-state index in [1.165, 1.54) is 24.3 Å². The molecule has 0 saturated carbocycles. The fraction of sp³-hybridized carbons (Fsp3) is 0.400. The lowest BCUT2D eigenvalue weighted by molar-refractivity contribution is -0.133. The lowest BCUT2D eigenvalue weighted by Crippen LogP contribution is -2.50. The van der Waals surface area contributed by atoms with Gasteiger partial charge in [-0.15, -0.1) is 10.2 Å². The van der Waals surface area contributed by atoms with E-state index in [1.54, 1.807) is 4.90 Å². The minimum absolute atomic E-state index is 0.0610. The molecule has 1 amide bonds. The Balaban J connectivity index is 1.36. The second-order valence-corrected chi connectivity index (χ2v) is 6.97. The maximum atomic E-state index is 12.9. The maximum absolute atomic E-state index is 12.9. The van der Waals surface area contributed by atoms with E-state index >= 15 is 0 Å². The molecule has 29 heavy (non-hydrogen) atoms. The zero-order chi connectivity index (χ0) is 20.4. The minimum Gasteiger partial charge on any atom is -0.484 e. The highest BCUT2D eigenvalue weighted by molar-refractivity contribution is 5.78. The fourth-order valence-electron chi connectivity index (χ4n) is 3.47. The van der Waals surface area contributed by atoms with Gasteiger partial charge in [-0.2, -0.15) is 4.98 Å². The Kier molecular flexibility index (Phi) is 5.28. The molecule has 1 saturated heterocycles. The summed E-state index contributed by atoms with van der Waals surface area (Å²) < 4.78 is 20.4. The first-order valence-electron chi connectivity index (χ1n) is 9.68. The van der Waals surface area contributed by atoms with E-state index in [-0.39, 0.29) is 18.3 Å². The molecule has 0 radical (unpaired) electrons. The number of nitrogens with zero attached hydrogens (tertiary/aromatic N) is 6. The summed E-state index contributed by atoms with van der Waals surface area (Å²) in [6.07, 6.45) is 0.795. The van der Waals surface area contributed by atoms with Crippen molar-refractivity contribution >= 4 is 17.5 Å². The smallest absolute Gasteiger partial charge is 0.260 e. The van der Waals surface area contributed by atoms with E-state index in [0.29, 0.717) is 37.7 Å². The average molecular weight is 398 g/mol. The van der Waals surface area contributed by atoms with Gasteiger partial charge in [-0.05, 0) is 31.2 Å². The third-order valence-corrected chi connectivity index (χ3v) is 5.07. The molecule has 0 aliphatic carbocycles. The van der Waals surface area contributed by atoms with Gasteiger partial charge in [0.2, 0.25) is 0 Å². The van der Waals surface area contributed by atoms with Crippen molar-refractivity contribution in [3.05, 3.63) is 47.7 Å². The highest BCUT2D eigenvalue weighted by Crippen LogP contribution is 2.18. The maximum Gasteiger partial charge on any atom is 0.260 e. The number of hydrogen-bond acceptors (Lipinski definition) is 6. The van der Waals surface area contributed by atoms with Crippen LogP contribution >= 0.6 is 0 Å². The molecule has 3 aromatic rings. The van der Waals surface area contributed by atoms with Gasteiger partial charge in [0.05, 0.1) is 0 Å². The van der Waals surface area contributed by atoms with Gasteiger partial charge in [0.25, 0.3) is 11.7 Å². The number of carbonyl (C=O) groups is 1. The average Bonchev–Trinajstić information content (AvgIpc) is 3.17. The van der Waals surface area contributed by atoms with Crippen LogP contribution in [0.4, 0.5) is 10.2 Å². The summed E-state index contributed by atoms with van der Waals surface area (Å²) in [6.45, 7) is 6.54. The molecule has 0 atom stereocenters.